The van der Waals surface area contributed by atoms with Crippen LogP contribution in [0.25, 0.3) is 0 Å². The summed E-state index contributed by atoms with van der Waals surface area (Å²) in [6, 6.07) is -1.13. The lowest BCUT2D eigenvalue weighted by Crippen LogP contribution is -2.72. The van der Waals surface area contributed by atoms with Crippen molar-refractivity contribution in [1.29, 1.82) is 0 Å². The minimum absolute atomic E-state index is 0.00563. The SMILES string of the molecule is C=CCOC(=O)OC1C(CSc2nnc(C)s2)=C2SCN(OC(=O)OCC=C)[C@@H]3C(=O)N1[C@H]23. The number of hydroxylamine groups is 2. The van der Waals surface area contributed by atoms with Crippen molar-refractivity contribution in [3.8, 4) is 0 Å². The van der Waals surface area contributed by atoms with E-state index in [4.69, 9.17) is 19.0 Å². The molecule has 1 unspecified atom stereocenters. The summed E-state index contributed by atoms with van der Waals surface area (Å²) in [5.74, 6) is 0.326. The Morgan fingerprint density at radius 3 is 2.58 bits per heavy atom. The number of rotatable bonds is 9. The van der Waals surface area contributed by atoms with Crippen LogP contribution in [0.4, 0.5) is 9.59 Å². The number of β-lactam (4-membered cyclic amide) rings is 1. The highest BCUT2D eigenvalue weighted by Gasteiger charge is 2.64. The molecular formula is C19H20N4O7S3. The molecule has 4 rings (SSSR count). The van der Waals surface area contributed by atoms with E-state index in [1.165, 1.54) is 57.0 Å². The lowest BCUT2D eigenvalue weighted by Gasteiger charge is -2.50. The Morgan fingerprint density at radius 2 is 1.91 bits per heavy atom. The minimum atomic E-state index is -0.923. The van der Waals surface area contributed by atoms with E-state index in [1.807, 2.05) is 6.92 Å². The van der Waals surface area contributed by atoms with Crippen molar-refractivity contribution in [2.45, 2.75) is 29.6 Å². The topological polar surface area (TPSA) is 120 Å². The molecule has 0 spiro atoms. The summed E-state index contributed by atoms with van der Waals surface area (Å²) >= 11 is 4.30. The molecule has 2 saturated heterocycles. The zero-order valence-electron chi connectivity index (χ0n) is 17.5. The first-order valence-corrected chi connectivity index (χ1v) is 12.5. The predicted octanol–water partition coefficient (Wildman–Crippen LogP) is 2.71. The van der Waals surface area contributed by atoms with Crippen LogP contribution in [0.15, 0.2) is 40.1 Å². The van der Waals surface area contributed by atoms with Crippen LogP contribution in [0.2, 0.25) is 0 Å². The molecule has 1 aromatic rings. The Hall–Kier alpha value is -2.55. The van der Waals surface area contributed by atoms with E-state index in [9.17, 15) is 14.4 Å². The Labute approximate surface area is 201 Å². The summed E-state index contributed by atoms with van der Waals surface area (Å²) in [4.78, 5) is 44.7. The Balaban J connectivity index is 1.53. The molecule has 1 aromatic heterocycles. The monoisotopic (exact) mass is 512 g/mol. The summed E-state index contributed by atoms with van der Waals surface area (Å²) in [5.41, 5.74) is 0.767. The first-order chi connectivity index (χ1) is 15.9. The van der Waals surface area contributed by atoms with Gasteiger partial charge in [0.2, 0.25) is 12.1 Å². The number of carbonyl (C=O) groups excluding carboxylic acids is 3. The van der Waals surface area contributed by atoms with E-state index in [0.29, 0.717) is 5.75 Å². The molecule has 33 heavy (non-hydrogen) atoms. The van der Waals surface area contributed by atoms with Gasteiger partial charge in [-0.3, -0.25) is 9.69 Å². The van der Waals surface area contributed by atoms with Crippen molar-refractivity contribution in [1.82, 2.24) is 20.2 Å². The third kappa shape index (κ3) is 4.74. The van der Waals surface area contributed by atoms with Crippen molar-refractivity contribution >= 4 is 53.1 Å². The molecule has 0 radical (unpaired) electrons. The third-order valence-electron chi connectivity index (χ3n) is 4.80. The van der Waals surface area contributed by atoms with Gasteiger partial charge < -0.3 is 19.0 Å². The highest BCUT2D eigenvalue weighted by molar-refractivity contribution is 8.03. The van der Waals surface area contributed by atoms with Crippen LogP contribution in [0.1, 0.15) is 5.01 Å². The van der Waals surface area contributed by atoms with Crippen LogP contribution in [0.5, 0.6) is 0 Å². The number of aromatic nitrogens is 2. The van der Waals surface area contributed by atoms with Crippen LogP contribution < -0.4 is 0 Å². The first-order valence-electron chi connectivity index (χ1n) is 9.72. The van der Waals surface area contributed by atoms with Gasteiger partial charge in [0.15, 0.2) is 10.4 Å². The van der Waals surface area contributed by atoms with Crippen LogP contribution in [0, 0.1) is 6.92 Å². The molecule has 4 heterocycles. The fourth-order valence-corrected chi connectivity index (χ4v) is 6.72. The van der Waals surface area contributed by atoms with E-state index >= 15 is 0 Å². The molecule has 0 aromatic carbocycles. The maximum Gasteiger partial charge on any atom is 0.528 e. The summed E-state index contributed by atoms with van der Waals surface area (Å²) in [6.45, 7) is 8.82. The molecular weight excluding hydrogens is 492 g/mol. The molecule has 3 atom stereocenters. The van der Waals surface area contributed by atoms with Gasteiger partial charge in [0.25, 0.3) is 0 Å². The number of aryl methyl sites for hydroxylation is 1. The van der Waals surface area contributed by atoms with Gasteiger partial charge in [-0.1, -0.05) is 48.4 Å². The van der Waals surface area contributed by atoms with Crippen LogP contribution in [-0.4, -0.2) is 81.5 Å². The normalized spacial score (nSPS) is 23.5. The smallest absolute Gasteiger partial charge is 0.430 e. The lowest BCUT2D eigenvalue weighted by atomic mass is 9.97. The average Bonchev–Trinajstić information content (AvgIpc) is 3.33. The fourth-order valence-electron chi connectivity index (χ4n) is 3.51. The van der Waals surface area contributed by atoms with E-state index in [1.54, 1.807) is 0 Å². The third-order valence-corrected chi connectivity index (χ3v) is 8.02. The summed E-state index contributed by atoms with van der Waals surface area (Å²) in [7, 11) is 0. The molecule has 11 nitrogen and oxygen atoms in total. The van der Waals surface area contributed by atoms with Crippen molar-refractivity contribution in [2.75, 3.05) is 24.8 Å². The summed E-state index contributed by atoms with van der Waals surface area (Å²) in [6.07, 6.45) is 0.0834. The Morgan fingerprint density at radius 1 is 1.18 bits per heavy atom. The second-order valence-electron chi connectivity index (χ2n) is 6.85. The fraction of sp³-hybridized carbons (Fsp3) is 0.421. The van der Waals surface area contributed by atoms with Gasteiger partial charge in [-0.05, 0) is 6.92 Å². The number of ether oxygens (including phenoxy) is 3. The largest absolute Gasteiger partial charge is 0.528 e. The molecule has 14 heteroatoms. The first kappa shape index (κ1) is 23.6. The number of amides is 1. The van der Waals surface area contributed by atoms with Crippen LogP contribution in [-0.2, 0) is 23.8 Å². The molecule has 0 saturated carbocycles. The molecule has 0 aliphatic carbocycles. The highest BCUT2D eigenvalue weighted by atomic mass is 32.2. The van der Waals surface area contributed by atoms with Gasteiger partial charge in [-0.25, -0.2) is 9.59 Å². The van der Waals surface area contributed by atoms with Crippen molar-refractivity contribution in [3.63, 3.8) is 0 Å². The molecule has 0 N–H and O–H groups in total. The molecule has 0 bridgehead atoms. The van der Waals surface area contributed by atoms with Gasteiger partial charge in [-0.15, -0.1) is 27.0 Å². The molecule has 3 aliphatic heterocycles. The molecule has 3 aliphatic rings. The maximum absolute atomic E-state index is 13.0. The zero-order chi connectivity index (χ0) is 23.5. The second-order valence-corrected chi connectivity index (χ2v) is 10.2. The van der Waals surface area contributed by atoms with Crippen molar-refractivity contribution in [2.24, 2.45) is 0 Å². The number of carbonyl (C=O) groups is 3. The van der Waals surface area contributed by atoms with Crippen molar-refractivity contribution < 1.29 is 33.4 Å². The van der Waals surface area contributed by atoms with Gasteiger partial charge in [0.05, 0.1) is 11.9 Å². The summed E-state index contributed by atoms with van der Waals surface area (Å²) in [5, 5.41) is 10.3. The summed E-state index contributed by atoms with van der Waals surface area (Å²) < 4.78 is 16.1. The number of nitrogens with zero attached hydrogens (tertiary/aromatic N) is 4. The lowest BCUT2D eigenvalue weighted by molar-refractivity contribution is -0.206. The molecule has 176 valence electrons. The van der Waals surface area contributed by atoms with Crippen LogP contribution >= 0.6 is 34.9 Å². The van der Waals surface area contributed by atoms with E-state index in [0.717, 1.165) is 19.8 Å². The number of hydrogen-bond acceptors (Lipinski definition) is 13. The van der Waals surface area contributed by atoms with Crippen molar-refractivity contribution in [3.05, 3.63) is 40.8 Å². The van der Waals surface area contributed by atoms with Crippen LogP contribution in [0.3, 0.4) is 0 Å². The quantitative estimate of drug-likeness (QED) is 0.209. The van der Waals surface area contributed by atoms with E-state index < -0.39 is 30.6 Å². The zero-order valence-corrected chi connectivity index (χ0v) is 20.0. The van der Waals surface area contributed by atoms with E-state index in [-0.39, 0.29) is 25.0 Å². The molecule has 1 amide bonds. The average molecular weight is 513 g/mol. The predicted molar refractivity (Wildman–Crippen MR) is 120 cm³/mol. The number of hydrogen-bond donors (Lipinski definition) is 0. The maximum atomic E-state index is 13.0. The highest BCUT2D eigenvalue weighted by Crippen LogP contribution is 2.51. The van der Waals surface area contributed by atoms with Gasteiger partial charge in [-0.2, -0.15) is 0 Å². The Kier molecular flexibility index (Phi) is 7.26. The van der Waals surface area contributed by atoms with Gasteiger partial charge >= 0.3 is 12.3 Å². The Bertz CT molecular complexity index is 1010. The molecule has 2 fully saturated rings. The van der Waals surface area contributed by atoms with Gasteiger partial charge in [0, 0.05) is 16.2 Å². The number of thioether (sulfide) groups is 2. The van der Waals surface area contributed by atoms with E-state index in [2.05, 4.69) is 23.4 Å². The standard InChI is InChI=1S/C19H20N4O7S3/c1-4-6-27-18(25)29-16-11(8-31-17-21-20-10(3)33-17)14-12-13(15(24)23(12)16)22(9-32-14)30-19(26)28-7-5-2/h4-5,12-13,16H,1-2,6-9H2,3H3/t12-,13-,16?/m0/s1. The second kappa shape index (κ2) is 10.2. The van der Waals surface area contributed by atoms with Gasteiger partial charge in [0.1, 0.15) is 18.2 Å². The minimum Gasteiger partial charge on any atom is -0.430 e.